The minimum Gasteiger partial charge on any atom is -0.497 e. The minimum atomic E-state index is -0.753. The summed E-state index contributed by atoms with van der Waals surface area (Å²) in [7, 11) is 4.76. The number of carbonyl (C=O) groups is 2. The topological polar surface area (TPSA) is 83.1 Å². The third kappa shape index (κ3) is 5.36. The lowest BCUT2D eigenvalue weighted by Crippen LogP contribution is -2.42. The smallest absolute Gasteiger partial charge is 0.315 e. The Labute approximate surface area is 218 Å². The van der Waals surface area contributed by atoms with Crippen LogP contribution in [0.25, 0.3) is 0 Å². The Bertz CT molecular complexity index is 1210. The predicted octanol–water partition coefficient (Wildman–Crippen LogP) is 5.13. The van der Waals surface area contributed by atoms with E-state index in [0.717, 1.165) is 22.6 Å². The van der Waals surface area contributed by atoms with Crippen molar-refractivity contribution in [1.82, 2.24) is 5.32 Å². The fourth-order valence-electron chi connectivity index (χ4n) is 5.18. The van der Waals surface area contributed by atoms with Crippen molar-refractivity contribution in [2.45, 2.75) is 38.5 Å². The van der Waals surface area contributed by atoms with Crippen molar-refractivity contribution in [3.63, 3.8) is 0 Å². The molecule has 0 spiro atoms. The van der Waals surface area contributed by atoms with Gasteiger partial charge in [-0.05, 0) is 53.6 Å². The molecular weight excluding hydrogens is 470 g/mol. The van der Waals surface area contributed by atoms with E-state index >= 15 is 0 Å². The Morgan fingerprint density at radius 3 is 2.27 bits per heavy atom. The highest BCUT2D eigenvalue weighted by atomic mass is 16.5. The Balaban J connectivity index is 1.77. The Morgan fingerprint density at radius 1 is 0.973 bits per heavy atom. The molecule has 2 aromatic carbocycles. The van der Waals surface area contributed by atoms with Gasteiger partial charge in [-0.1, -0.05) is 38.6 Å². The van der Waals surface area contributed by atoms with Crippen LogP contribution >= 0.6 is 0 Å². The molecule has 0 amide bonds. The third-order valence-corrected chi connectivity index (χ3v) is 7.01. The lowest BCUT2D eigenvalue weighted by Gasteiger charge is -2.40. The number of nitrogens with one attached hydrogen (secondary N) is 1. The van der Waals surface area contributed by atoms with E-state index < -0.39 is 17.8 Å². The molecule has 1 aliphatic heterocycles. The van der Waals surface area contributed by atoms with Gasteiger partial charge in [-0.25, -0.2) is 0 Å². The number of carbonyl (C=O) groups excluding carboxylic acids is 2. The molecule has 7 nitrogen and oxygen atoms in total. The van der Waals surface area contributed by atoms with Crippen molar-refractivity contribution in [3.05, 3.63) is 77.1 Å². The molecule has 0 aromatic heterocycles. The molecule has 0 saturated carbocycles. The first-order chi connectivity index (χ1) is 17.8. The first-order valence-corrected chi connectivity index (χ1v) is 12.5. The van der Waals surface area contributed by atoms with E-state index in [9.17, 15) is 9.59 Å². The fraction of sp³-hybridized carbons (Fsp3) is 0.400. The highest BCUT2D eigenvalue weighted by Crippen LogP contribution is 2.48. The van der Waals surface area contributed by atoms with Crippen molar-refractivity contribution in [2.24, 2.45) is 11.8 Å². The van der Waals surface area contributed by atoms with Gasteiger partial charge in [0.2, 0.25) is 0 Å². The SMILES string of the molecule is C=C1NC2=C(C(=O)CC(c3ccc(OC)cc3)C2)C(c2ccc(OC)c(OC)c2)C1C(=O)OCC(C)C. The summed E-state index contributed by atoms with van der Waals surface area (Å²) in [6.45, 7) is 8.46. The summed E-state index contributed by atoms with van der Waals surface area (Å²) in [6.07, 6.45) is 0.973. The molecule has 1 aliphatic carbocycles. The van der Waals surface area contributed by atoms with Gasteiger partial charge in [0.1, 0.15) is 11.7 Å². The van der Waals surface area contributed by atoms with Gasteiger partial charge in [0.05, 0.1) is 27.9 Å². The van der Waals surface area contributed by atoms with Crippen LogP contribution in [-0.2, 0) is 14.3 Å². The Hall–Kier alpha value is -3.74. The van der Waals surface area contributed by atoms with Crippen LogP contribution in [0.1, 0.15) is 49.7 Å². The molecule has 2 aromatic rings. The van der Waals surface area contributed by atoms with Gasteiger partial charge in [0.25, 0.3) is 0 Å². The second kappa shape index (κ2) is 11.1. The van der Waals surface area contributed by atoms with Crippen molar-refractivity contribution in [3.8, 4) is 17.2 Å². The van der Waals surface area contributed by atoms with Gasteiger partial charge < -0.3 is 24.3 Å². The lowest BCUT2D eigenvalue weighted by atomic mass is 9.69. The average Bonchev–Trinajstić information content (AvgIpc) is 2.90. The first-order valence-electron chi connectivity index (χ1n) is 12.5. The minimum absolute atomic E-state index is 0.00325. The van der Waals surface area contributed by atoms with Crippen LogP contribution in [0.4, 0.5) is 0 Å². The molecule has 3 atom stereocenters. The Kier molecular flexibility index (Phi) is 7.91. The summed E-state index contributed by atoms with van der Waals surface area (Å²) in [5.41, 5.74) is 3.77. The summed E-state index contributed by atoms with van der Waals surface area (Å²) in [5.74, 6) is 0.362. The monoisotopic (exact) mass is 505 g/mol. The Morgan fingerprint density at radius 2 is 1.65 bits per heavy atom. The number of allylic oxidation sites excluding steroid dienone is 2. The van der Waals surface area contributed by atoms with Crippen LogP contribution in [0.3, 0.4) is 0 Å². The van der Waals surface area contributed by atoms with E-state index in [2.05, 4.69) is 11.9 Å². The second-order valence-corrected chi connectivity index (χ2v) is 9.94. The lowest BCUT2D eigenvalue weighted by molar-refractivity contribution is -0.149. The van der Waals surface area contributed by atoms with Crippen molar-refractivity contribution >= 4 is 11.8 Å². The molecule has 0 bridgehead atoms. The predicted molar refractivity (Wildman–Crippen MR) is 141 cm³/mol. The molecule has 3 unspecified atom stereocenters. The average molecular weight is 506 g/mol. The van der Waals surface area contributed by atoms with Gasteiger partial charge >= 0.3 is 5.97 Å². The summed E-state index contributed by atoms with van der Waals surface area (Å²) < 4.78 is 21.9. The van der Waals surface area contributed by atoms with Crippen LogP contribution in [0, 0.1) is 11.8 Å². The normalized spacial score (nSPS) is 21.3. The number of benzene rings is 2. The highest BCUT2D eigenvalue weighted by molar-refractivity contribution is 6.01. The molecule has 196 valence electrons. The highest BCUT2D eigenvalue weighted by Gasteiger charge is 2.45. The summed E-state index contributed by atoms with van der Waals surface area (Å²) in [5, 5.41) is 3.32. The van der Waals surface area contributed by atoms with Crippen LogP contribution in [-0.4, -0.2) is 39.7 Å². The standard InChI is InChI=1S/C30H35NO6/c1-17(2)16-37-30(33)27-18(3)31-23-13-21(19-7-10-22(34-4)11-8-19)14-24(32)29(23)28(27)20-9-12-25(35-5)26(15-20)36-6/h7-12,15,17,21,27-28,31H,3,13-14,16H2,1-2,4-6H3. The van der Waals surface area contributed by atoms with Crippen LogP contribution < -0.4 is 19.5 Å². The quantitative estimate of drug-likeness (QED) is 0.498. The van der Waals surface area contributed by atoms with Gasteiger partial charge in [-0.15, -0.1) is 0 Å². The number of ether oxygens (including phenoxy) is 4. The largest absolute Gasteiger partial charge is 0.497 e. The van der Waals surface area contributed by atoms with Gasteiger partial charge in [-0.2, -0.15) is 0 Å². The molecule has 0 radical (unpaired) electrons. The molecule has 0 fully saturated rings. The number of ketones is 1. The van der Waals surface area contributed by atoms with Gasteiger partial charge in [-0.3, -0.25) is 9.59 Å². The maximum Gasteiger partial charge on any atom is 0.315 e. The fourth-order valence-corrected chi connectivity index (χ4v) is 5.18. The van der Waals surface area contributed by atoms with Crippen molar-refractivity contribution < 1.29 is 28.5 Å². The number of hydrogen-bond donors (Lipinski definition) is 1. The van der Waals surface area contributed by atoms with Gasteiger partial charge in [0, 0.05) is 29.3 Å². The number of Topliss-reactive ketones (excluding diaryl/α,β-unsaturated/α-hetero) is 1. The van der Waals surface area contributed by atoms with E-state index in [0.29, 0.717) is 42.2 Å². The number of methoxy groups -OCH3 is 3. The van der Waals surface area contributed by atoms with Crippen molar-refractivity contribution in [2.75, 3.05) is 27.9 Å². The van der Waals surface area contributed by atoms with E-state index in [1.807, 2.05) is 50.2 Å². The molecule has 4 rings (SSSR count). The van der Waals surface area contributed by atoms with Gasteiger partial charge in [0.15, 0.2) is 17.3 Å². The van der Waals surface area contributed by atoms with E-state index in [-0.39, 0.29) is 17.6 Å². The molecule has 2 aliphatic rings. The zero-order valence-electron chi connectivity index (χ0n) is 22.1. The molecule has 1 N–H and O–H groups in total. The summed E-state index contributed by atoms with van der Waals surface area (Å²) in [6, 6.07) is 13.3. The molecule has 7 heteroatoms. The van der Waals surface area contributed by atoms with Crippen molar-refractivity contribution in [1.29, 1.82) is 0 Å². The van der Waals surface area contributed by atoms with E-state index in [1.165, 1.54) is 0 Å². The molecular formula is C30H35NO6. The maximum atomic E-state index is 13.8. The molecule has 1 heterocycles. The maximum absolute atomic E-state index is 13.8. The zero-order chi connectivity index (χ0) is 26.7. The molecule has 37 heavy (non-hydrogen) atoms. The van der Waals surface area contributed by atoms with E-state index in [4.69, 9.17) is 18.9 Å². The zero-order valence-corrected chi connectivity index (χ0v) is 22.1. The number of rotatable bonds is 8. The summed E-state index contributed by atoms with van der Waals surface area (Å²) >= 11 is 0. The van der Waals surface area contributed by atoms with Crippen LogP contribution in [0.2, 0.25) is 0 Å². The first kappa shape index (κ1) is 26.3. The summed E-state index contributed by atoms with van der Waals surface area (Å²) in [4.78, 5) is 27.2. The van der Waals surface area contributed by atoms with Crippen LogP contribution in [0.5, 0.6) is 17.2 Å². The number of esters is 1. The number of hydrogen-bond acceptors (Lipinski definition) is 7. The second-order valence-electron chi connectivity index (χ2n) is 9.94. The van der Waals surface area contributed by atoms with Crippen LogP contribution in [0.15, 0.2) is 66.0 Å². The third-order valence-electron chi connectivity index (χ3n) is 7.01. The van der Waals surface area contributed by atoms with E-state index in [1.54, 1.807) is 27.4 Å². The molecule has 0 saturated heterocycles.